The first-order valence-corrected chi connectivity index (χ1v) is 11.9. The summed E-state index contributed by atoms with van der Waals surface area (Å²) in [4.78, 5) is 20.9. The smallest absolute Gasteiger partial charge is 0.249 e. The van der Waals surface area contributed by atoms with E-state index in [4.69, 9.17) is 14.2 Å². The Kier molecular flexibility index (Phi) is 4.58. The summed E-state index contributed by atoms with van der Waals surface area (Å²) in [6.07, 6.45) is 10.4. The first kappa shape index (κ1) is 19.3. The first-order valence-electron chi connectivity index (χ1n) is 11.9. The van der Waals surface area contributed by atoms with Gasteiger partial charge in [0, 0.05) is 12.1 Å². The van der Waals surface area contributed by atoms with Crippen LogP contribution in [0.1, 0.15) is 69.7 Å². The zero-order valence-corrected chi connectivity index (χ0v) is 18.3. The molecule has 4 saturated carbocycles. The third-order valence-corrected chi connectivity index (χ3v) is 8.31. The number of piperidine rings is 1. The molecule has 1 amide bonds. The summed E-state index contributed by atoms with van der Waals surface area (Å²) < 4.78 is 11.1. The minimum atomic E-state index is -0.125. The molecule has 1 aliphatic heterocycles. The molecule has 1 atom stereocenters. The number of rotatable bonds is 4. The van der Waals surface area contributed by atoms with Crippen LogP contribution in [-0.2, 0) is 4.79 Å². The van der Waals surface area contributed by atoms with Crippen molar-refractivity contribution in [3.05, 3.63) is 30.2 Å². The van der Waals surface area contributed by atoms with E-state index in [-0.39, 0.29) is 11.5 Å². The summed E-state index contributed by atoms with van der Waals surface area (Å²) in [7, 11) is 1.65. The number of likely N-dealkylation sites (tertiary alicyclic amines) is 1. The fourth-order valence-electron chi connectivity index (χ4n) is 7.36. The Balaban J connectivity index is 1.28. The molecule has 2 heterocycles. The maximum atomic E-state index is 14.0. The van der Waals surface area contributed by atoms with Gasteiger partial charge in [-0.3, -0.25) is 4.79 Å². The second kappa shape index (κ2) is 7.35. The molecule has 0 unspecified atom stereocenters. The van der Waals surface area contributed by atoms with E-state index in [0.29, 0.717) is 17.6 Å². The summed E-state index contributed by atoms with van der Waals surface area (Å²) in [5.41, 5.74) is 0.740. The quantitative estimate of drug-likeness (QED) is 0.694. The van der Waals surface area contributed by atoms with E-state index in [2.05, 4.69) is 10.1 Å². The Morgan fingerprint density at radius 2 is 1.87 bits per heavy atom. The van der Waals surface area contributed by atoms with E-state index in [1.807, 2.05) is 24.3 Å². The van der Waals surface area contributed by atoms with E-state index in [0.717, 1.165) is 74.1 Å². The molecule has 0 spiro atoms. The Bertz CT molecular complexity index is 949. The van der Waals surface area contributed by atoms with Crippen LogP contribution in [0.3, 0.4) is 0 Å². The molecule has 5 aliphatic rings. The van der Waals surface area contributed by atoms with E-state index in [1.54, 1.807) is 7.11 Å². The van der Waals surface area contributed by atoms with E-state index < -0.39 is 0 Å². The largest absolute Gasteiger partial charge is 0.497 e. The third kappa shape index (κ3) is 3.26. The topological polar surface area (TPSA) is 68.5 Å². The van der Waals surface area contributed by atoms with Crippen LogP contribution in [0, 0.1) is 23.2 Å². The molecule has 7 rings (SSSR count). The molecule has 4 aliphatic carbocycles. The van der Waals surface area contributed by atoms with Gasteiger partial charge < -0.3 is 14.2 Å². The van der Waals surface area contributed by atoms with Crippen LogP contribution in [-0.4, -0.2) is 34.6 Å². The van der Waals surface area contributed by atoms with Gasteiger partial charge >= 0.3 is 0 Å². The first-order chi connectivity index (χ1) is 15.1. The monoisotopic (exact) mass is 421 g/mol. The van der Waals surface area contributed by atoms with Gasteiger partial charge in [-0.05, 0) is 87.7 Å². The lowest BCUT2D eigenvalue weighted by Crippen LogP contribution is -2.55. The lowest BCUT2D eigenvalue weighted by molar-refractivity contribution is -0.162. The zero-order valence-electron chi connectivity index (χ0n) is 18.3. The lowest BCUT2D eigenvalue weighted by atomic mass is 9.49. The van der Waals surface area contributed by atoms with Gasteiger partial charge in [0.2, 0.25) is 17.6 Å². The van der Waals surface area contributed by atoms with Gasteiger partial charge in [0.05, 0.1) is 12.5 Å². The zero-order chi connectivity index (χ0) is 21.0. The van der Waals surface area contributed by atoms with Crippen LogP contribution in [0.5, 0.6) is 5.75 Å². The molecule has 1 saturated heterocycles. The Labute approximate surface area is 183 Å². The number of amides is 1. The van der Waals surface area contributed by atoms with Crippen molar-refractivity contribution in [3.63, 3.8) is 0 Å². The highest BCUT2D eigenvalue weighted by molar-refractivity contribution is 5.83. The fraction of sp³-hybridized carbons (Fsp3) is 0.640. The third-order valence-electron chi connectivity index (χ3n) is 8.31. The Morgan fingerprint density at radius 1 is 1.13 bits per heavy atom. The molecule has 5 fully saturated rings. The Hall–Kier alpha value is -2.37. The molecule has 6 heteroatoms. The summed E-state index contributed by atoms with van der Waals surface area (Å²) in [5.74, 6) is 4.57. The van der Waals surface area contributed by atoms with E-state index in [9.17, 15) is 4.79 Å². The van der Waals surface area contributed by atoms with Crippen molar-refractivity contribution >= 4 is 5.91 Å². The predicted molar refractivity (Wildman–Crippen MR) is 115 cm³/mol. The number of methoxy groups -OCH3 is 1. The molecular weight excluding hydrogens is 390 g/mol. The summed E-state index contributed by atoms with van der Waals surface area (Å²) >= 11 is 0. The number of hydrogen-bond acceptors (Lipinski definition) is 5. The maximum Gasteiger partial charge on any atom is 0.249 e. The second-order valence-electron chi connectivity index (χ2n) is 10.4. The van der Waals surface area contributed by atoms with Crippen molar-refractivity contribution in [2.75, 3.05) is 13.7 Å². The van der Waals surface area contributed by atoms with Crippen LogP contribution in [0.15, 0.2) is 28.8 Å². The molecule has 0 radical (unpaired) electrons. The maximum absolute atomic E-state index is 14.0. The van der Waals surface area contributed by atoms with Crippen molar-refractivity contribution in [3.8, 4) is 17.1 Å². The van der Waals surface area contributed by atoms with Crippen molar-refractivity contribution in [1.82, 2.24) is 15.0 Å². The van der Waals surface area contributed by atoms with Crippen molar-refractivity contribution in [2.24, 2.45) is 23.2 Å². The molecule has 0 N–H and O–H groups in total. The van der Waals surface area contributed by atoms with Crippen LogP contribution in [0.2, 0.25) is 0 Å². The Morgan fingerprint density at radius 3 is 2.58 bits per heavy atom. The molecule has 6 nitrogen and oxygen atoms in total. The lowest BCUT2D eigenvalue weighted by Gasteiger charge is -2.57. The van der Waals surface area contributed by atoms with Gasteiger partial charge in [-0.25, -0.2) is 0 Å². The molecular formula is C25H31N3O3. The van der Waals surface area contributed by atoms with Gasteiger partial charge in [-0.2, -0.15) is 4.98 Å². The summed E-state index contributed by atoms with van der Waals surface area (Å²) in [5, 5.41) is 4.24. The van der Waals surface area contributed by atoms with Gasteiger partial charge in [0.25, 0.3) is 0 Å². The number of hydrogen-bond donors (Lipinski definition) is 0. The highest BCUT2D eigenvalue weighted by Crippen LogP contribution is 2.61. The molecule has 2 aromatic rings. The molecule has 1 aromatic carbocycles. The van der Waals surface area contributed by atoms with Crippen molar-refractivity contribution < 1.29 is 14.1 Å². The van der Waals surface area contributed by atoms with Crippen molar-refractivity contribution in [2.45, 2.75) is 63.8 Å². The number of ether oxygens (including phenoxy) is 1. The van der Waals surface area contributed by atoms with Crippen LogP contribution >= 0.6 is 0 Å². The number of nitrogens with zero attached hydrogens (tertiary/aromatic N) is 3. The minimum absolute atomic E-state index is 0.0962. The van der Waals surface area contributed by atoms with Crippen LogP contribution < -0.4 is 4.74 Å². The number of carbonyl (C=O) groups is 1. The van der Waals surface area contributed by atoms with Gasteiger partial charge in [0.1, 0.15) is 11.8 Å². The number of carbonyl (C=O) groups excluding carboxylic acids is 1. The average Bonchev–Trinajstić information content (AvgIpc) is 3.28. The summed E-state index contributed by atoms with van der Waals surface area (Å²) in [6, 6.07) is 7.59. The molecule has 4 bridgehead atoms. The second-order valence-corrected chi connectivity index (χ2v) is 10.4. The number of aromatic nitrogens is 2. The molecule has 164 valence electrons. The minimum Gasteiger partial charge on any atom is -0.497 e. The van der Waals surface area contributed by atoms with Crippen LogP contribution in [0.25, 0.3) is 11.4 Å². The van der Waals surface area contributed by atoms with Crippen LogP contribution in [0.4, 0.5) is 0 Å². The predicted octanol–water partition coefficient (Wildman–Crippen LogP) is 5.02. The standard InChI is InChI=1S/C25H31N3O3/c1-30-20-6-4-5-19(12-20)22-26-23(31-27-22)21-7-2-3-8-28(21)24(29)25-13-16-9-17(14-25)11-18(10-16)15-25/h4-6,12,16-18,21H,2-3,7-11,13-15H2,1H3/t16?,17?,18?,21-,25?/m0/s1. The van der Waals surface area contributed by atoms with Crippen molar-refractivity contribution in [1.29, 1.82) is 0 Å². The fourth-order valence-corrected chi connectivity index (χ4v) is 7.36. The normalized spacial score (nSPS) is 34.2. The average molecular weight is 422 g/mol. The molecule has 1 aromatic heterocycles. The van der Waals surface area contributed by atoms with Gasteiger partial charge in [-0.1, -0.05) is 17.3 Å². The summed E-state index contributed by atoms with van der Waals surface area (Å²) in [6.45, 7) is 0.808. The van der Waals surface area contributed by atoms with E-state index >= 15 is 0 Å². The van der Waals surface area contributed by atoms with Gasteiger partial charge in [0.15, 0.2) is 0 Å². The molecule has 31 heavy (non-hydrogen) atoms. The van der Waals surface area contributed by atoms with Gasteiger partial charge in [-0.15, -0.1) is 0 Å². The highest BCUT2D eigenvalue weighted by atomic mass is 16.5. The van der Waals surface area contributed by atoms with E-state index in [1.165, 1.54) is 19.3 Å². The SMILES string of the molecule is COc1cccc(-c2noc([C@@H]3CCCCN3C(=O)C34CC5CC(CC(C5)C3)C4)n2)c1. The highest BCUT2D eigenvalue weighted by Gasteiger charge is 2.56. The number of benzene rings is 1.